The van der Waals surface area contributed by atoms with Crippen LogP contribution in [-0.4, -0.2) is 41.2 Å². The second-order valence-corrected chi connectivity index (χ2v) is 9.19. The summed E-state index contributed by atoms with van der Waals surface area (Å²) in [6.07, 6.45) is 6.33. The minimum atomic E-state index is 0.128. The average Bonchev–Trinajstić information content (AvgIpc) is 3.64. The van der Waals surface area contributed by atoms with Gasteiger partial charge in [-0.1, -0.05) is 36.4 Å². The zero-order chi connectivity index (χ0) is 20.5. The molecule has 2 aromatic rings. The number of hydrogen-bond acceptors (Lipinski definition) is 2. The SMILES string of the molecule is O=C(c1ccc(CC2CCN(C(=O)C3CC3)CC2)cc1)N1CCc2ccccc2C1. The molecule has 4 nitrogen and oxygen atoms in total. The number of piperidine rings is 1. The molecule has 2 amide bonds. The Morgan fingerprint density at radius 3 is 2.20 bits per heavy atom. The summed E-state index contributed by atoms with van der Waals surface area (Å²) in [7, 11) is 0. The molecule has 30 heavy (non-hydrogen) atoms. The summed E-state index contributed by atoms with van der Waals surface area (Å²) < 4.78 is 0. The van der Waals surface area contributed by atoms with Crippen LogP contribution in [0, 0.1) is 11.8 Å². The van der Waals surface area contributed by atoms with Crippen molar-refractivity contribution in [2.75, 3.05) is 19.6 Å². The summed E-state index contributed by atoms with van der Waals surface area (Å²) in [6, 6.07) is 16.6. The Balaban J connectivity index is 1.15. The van der Waals surface area contributed by atoms with Crippen molar-refractivity contribution < 1.29 is 9.59 Å². The van der Waals surface area contributed by atoms with Crippen LogP contribution in [0.4, 0.5) is 0 Å². The van der Waals surface area contributed by atoms with E-state index in [1.54, 1.807) is 0 Å². The highest BCUT2D eigenvalue weighted by Crippen LogP contribution is 2.33. The van der Waals surface area contributed by atoms with Crippen LogP contribution in [-0.2, 0) is 24.2 Å². The molecular formula is C26H30N2O2. The lowest BCUT2D eigenvalue weighted by Crippen LogP contribution is -2.39. The lowest BCUT2D eigenvalue weighted by molar-refractivity contribution is -0.133. The predicted molar refractivity (Wildman–Crippen MR) is 117 cm³/mol. The molecule has 0 N–H and O–H groups in total. The Morgan fingerprint density at radius 2 is 1.50 bits per heavy atom. The Hall–Kier alpha value is -2.62. The van der Waals surface area contributed by atoms with Crippen molar-refractivity contribution in [3.63, 3.8) is 0 Å². The molecule has 3 aliphatic rings. The third kappa shape index (κ3) is 4.14. The highest BCUT2D eigenvalue weighted by atomic mass is 16.2. The lowest BCUT2D eigenvalue weighted by atomic mass is 9.89. The van der Waals surface area contributed by atoms with Crippen LogP contribution < -0.4 is 0 Å². The van der Waals surface area contributed by atoms with Gasteiger partial charge in [0.05, 0.1) is 0 Å². The lowest BCUT2D eigenvalue weighted by Gasteiger charge is -2.32. The van der Waals surface area contributed by atoms with Crippen molar-refractivity contribution in [3.05, 3.63) is 70.8 Å². The highest BCUT2D eigenvalue weighted by Gasteiger charge is 2.34. The third-order valence-electron chi connectivity index (χ3n) is 7.00. The summed E-state index contributed by atoms with van der Waals surface area (Å²) in [4.78, 5) is 29.2. The van der Waals surface area contributed by atoms with Gasteiger partial charge in [0.2, 0.25) is 5.91 Å². The van der Waals surface area contributed by atoms with E-state index in [1.807, 2.05) is 23.1 Å². The van der Waals surface area contributed by atoms with E-state index < -0.39 is 0 Å². The normalized spacial score (nSPS) is 19.5. The third-order valence-corrected chi connectivity index (χ3v) is 7.00. The smallest absolute Gasteiger partial charge is 0.254 e. The van der Waals surface area contributed by atoms with Gasteiger partial charge in [0.25, 0.3) is 5.91 Å². The van der Waals surface area contributed by atoms with Gasteiger partial charge in [-0.2, -0.15) is 0 Å². The van der Waals surface area contributed by atoms with Gasteiger partial charge in [0.1, 0.15) is 0 Å². The fourth-order valence-electron chi connectivity index (χ4n) is 4.91. The molecule has 4 heteroatoms. The number of rotatable bonds is 4. The number of nitrogens with zero attached hydrogens (tertiary/aromatic N) is 2. The maximum atomic E-state index is 13.0. The molecule has 156 valence electrons. The van der Waals surface area contributed by atoms with Crippen molar-refractivity contribution in [1.29, 1.82) is 0 Å². The van der Waals surface area contributed by atoms with Gasteiger partial charge in [0.15, 0.2) is 0 Å². The van der Waals surface area contributed by atoms with E-state index in [2.05, 4.69) is 35.2 Å². The van der Waals surface area contributed by atoms with Crippen molar-refractivity contribution in [2.45, 2.75) is 45.1 Å². The van der Waals surface area contributed by atoms with E-state index in [4.69, 9.17) is 0 Å². The van der Waals surface area contributed by atoms with Crippen LogP contribution in [0.1, 0.15) is 52.7 Å². The number of hydrogen-bond donors (Lipinski definition) is 0. The molecule has 0 bridgehead atoms. The number of carbonyl (C=O) groups excluding carboxylic acids is 2. The second kappa shape index (κ2) is 8.25. The summed E-state index contributed by atoms with van der Waals surface area (Å²) in [6.45, 7) is 3.31. The standard InChI is InChI=1S/C26H30N2O2/c29-25(23-9-10-23)27-14-11-20(12-15-27)17-19-5-7-22(8-6-19)26(30)28-16-13-21-3-1-2-4-24(21)18-28/h1-8,20,23H,9-18H2. The molecule has 5 rings (SSSR count). The van der Waals surface area contributed by atoms with Gasteiger partial charge in [-0.3, -0.25) is 9.59 Å². The molecule has 0 unspecified atom stereocenters. The van der Waals surface area contributed by atoms with Crippen LogP contribution in [0.5, 0.6) is 0 Å². The van der Waals surface area contributed by atoms with Crippen LogP contribution in [0.25, 0.3) is 0 Å². The van der Waals surface area contributed by atoms with Crippen molar-refractivity contribution in [3.8, 4) is 0 Å². The van der Waals surface area contributed by atoms with Crippen LogP contribution in [0.3, 0.4) is 0 Å². The summed E-state index contributed by atoms with van der Waals surface area (Å²) in [5.74, 6) is 1.48. The number of carbonyl (C=O) groups is 2. The number of fused-ring (bicyclic) bond motifs is 1. The van der Waals surface area contributed by atoms with E-state index in [-0.39, 0.29) is 5.91 Å². The largest absolute Gasteiger partial charge is 0.342 e. The maximum absolute atomic E-state index is 13.0. The van der Waals surface area contributed by atoms with Crippen molar-refractivity contribution >= 4 is 11.8 Å². The maximum Gasteiger partial charge on any atom is 0.254 e. The van der Waals surface area contributed by atoms with Crippen LogP contribution in [0.2, 0.25) is 0 Å². The predicted octanol–water partition coefficient (Wildman–Crippen LogP) is 4.08. The van der Waals surface area contributed by atoms with Crippen molar-refractivity contribution in [1.82, 2.24) is 9.80 Å². The highest BCUT2D eigenvalue weighted by molar-refractivity contribution is 5.94. The van der Waals surface area contributed by atoms with E-state index in [0.717, 1.165) is 63.7 Å². The monoisotopic (exact) mass is 402 g/mol. The van der Waals surface area contributed by atoms with Crippen molar-refractivity contribution in [2.24, 2.45) is 11.8 Å². The zero-order valence-electron chi connectivity index (χ0n) is 17.6. The number of likely N-dealkylation sites (tertiary alicyclic amines) is 1. The zero-order valence-corrected chi connectivity index (χ0v) is 17.6. The van der Waals surface area contributed by atoms with Gasteiger partial charge in [-0.25, -0.2) is 0 Å². The van der Waals surface area contributed by atoms with Gasteiger partial charge in [0, 0.05) is 37.7 Å². The molecule has 2 aromatic carbocycles. The van der Waals surface area contributed by atoms with E-state index >= 15 is 0 Å². The molecule has 2 fully saturated rings. The molecule has 2 heterocycles. The number of amides is 2. The fraction of sp³-hybridized carbons (Fsp3) is 0.462. The van der Waals surface area contributed by atoms with Crippen LogP contribution in [0.15, 0.2) is 48.5 Å². The van der Waals surface area contributed by atoms with E-state index in [9.17, 15) is 9.59 Å². The second-order valence-electron chi connectivity index (χ2n) is 9.19. The van der Waals surface area contributed by atoms with Gasteiger partial charge >= 0.3 is 0 Å². The quantitative estimate of drug-likeness (QED) is 0.773. The molecule has 0 spiro atoms. The summed E-state index contributed by atoms with van der Waals surface area (Å²) >= 11 is 0. The van der Waals surface area contributed by atoms with Crippen LogP contribution >= 0.6 is 0 Å². The Bertz CT molecular complexity index is 924. The molecule has 1 saturated carbocycles. The average molecular weight is 403 g/mol. The molecular weight excluding hydrogens is 372 g/mol. The Morgan fingerprint density at radius 1 is 0.800 bits per heavy atom. The van der Waals surface area contributed by atoms with Gasteiger partial charge in [-0.05, 0) is 73.3 Å². The van der Waals surface area contributed by atoms with Gasteiger partial charge in [-0.15, -0.1) is 0 Å². The Kier molecular flexibility index (Phi) is 5.32. The first-order valence-corrected chi connectivity index (χ1v) is 11.4. The Labute approximate surface area is 178 Å². The van der Waals surface area contributed by atoms with Gasteiger partial charge < -0.3 is 9.80 Å². The fourth-order valence-corrected chi connectivity index (χ4v) is 4.91. The topological polar surface area (TPSA) is 40.6 Å². The minimum Gasteiger partial charge on any atom is -0.342 e. The molecule has 1 saturated heterocycles. The first-order valence-electron chi connectivity index (χ1n) is 11.4. The summed E-state index contributed by atoms with van der Waals surface area (Å²) in [5.41, 5.74) is 4.70. The summed E-state index contributed by atoms with van der Waals surface area (Å²) in [5, 5.41) is 0. The molecule has 2 aliphatic heterocycles. The molecule has 1 aliphatic carbocycles. The first kappa shape index (κ1) is 19.3. The number of benzene rings is 2. The molecule has 0 radical (unpaired) electrons. The van der Waals surface area contributed by atoms with E-state index in [0.29, 0.717) is 24.3 Å². The molecule has 0 atom stereocenters. The first-order chi connectivity index (χ1) is 14.7. The minimum absolute atomic E-state index is 0.128. The molecule has 0 aromatic heterocycles. The van der Waals surface area contributed by atoms with E-state index in [1.165, 1.54) is 16.7 Å².